The van der Waals surface area contributed by atoms with Gasteiger partial charge in [-0.25, -0.2) is 0 Å². The molecule has 0 aromatic heterocycles. The molecule has 3 heteroatoms. The lowest BCUT2D eigenvalue weighted by Gasteiger charge is -2.24. The summed E-state index contributed by atoms with van der Waals surface area (Å²) >= 11 is 0. The molecular formula is C9H18NO2+. The maximum Gasteiger partial charge on any atom is 0.308 e. The second-order valence-corrected chi connectivity index (χ2v) is 3.53. The smallest absolute Gasteiger partial charge is 0.308 e. The predicted octanol–water partition coefficient (Wildman–Crippen LogP) is 0.208. The molecule has 0 unspecified atom stereocenters. The third kappa shape index (κ3) is 2.21. The molecule has 1 aliphatic carbocycles. The first-order chi connectivity index (χ1) is 5.77. The molecule has 1 saturated carbocycles. The van der Waals surface area contributed by atoms with Crippen molar-refractivity contribution in [1.82, 2.24) is 0 Å². The first-order valence-corrected chi connectivity index (χ1v) is 4.65. The van der Waals surface area contributed by atoms with Crippen LogP contribution in [0.2, 0.25) is 0 Å². The molecule has 0 amide bonds. The van der Waals surface area contributed by atoms with Crippen molar-refractivity contribution in [2.45, 2.75) is 25.7 Å². The zero-order valence-electron chi connectivity index (χ0n) is 7.71. The van der Waals surface area contributed by atoms with Gasteiger partial charge in [-0.2, -0.15) is 0 Å². The fraction of sp³-hybridized carbons (Fsp3) is 0.889. The minimum Gasteiger partial charge on any atom is -0.469 e. The number of carbonyl (C=O) groups is 1. The molecule has 0 radical (unpaired) electrons. The van der Waals surface area contributed by atoms with Gasteiger partial charge in [0.05, 0.1) is 19.6 Å². The van der Waals surface area contributed by atoms with Gasteiger partial charge in [0, 0.05) is 5.92 Å². The third-order valence-electron chi connectivity index (χ3n) is 2.79. The first kappa shape index (κ1) is 9.52. The molecule has 0 spiro atoms. The molecule has 0 heterocycles. The molecule has 0 saturated heterocycles. The van der Waals surface area contributed by atoms with E-state index in [1.54, 1.807) is 0 Å². The molecule has 0 aliphatic heterocycles. The molecule has 3 nitrogen and oxygen atoms in total. The summed E-state index contributed by atoms with van der Waals surface area (Å²) < 4.78 is 4.70. The zero-order valence-corrected chi connectivity index (χ0v) is 7.71. The third-order valence-corrected chi connectivity index (χ3v) is 2.79. The lowest BCUT2D eigenvalue weighted by Crippen LogP contribution is -2.54. The van der Waals surface area contributed by atoms with Gasteiger partial charge in [0.2, 0.25) is 0 Å². The van der Waals surface area contributed by atoms with E-state index in [1.165, 1.54) is 7.11 Å². The molecule has 0 aromatic carbocycles. The number of carbonyl (C=O) groups excluding carboxylic acids is 1. The Bertz CT molecular complexity index is 151. The topological polar surface area (TPSA) is 53.9 Å². The Morgan fingerprint density at radius 3 is 2.42 bits per heavy atom. The van der Waals surface area contributed by atoms with Crippen LogP contribution in [0, 0.1) is 11.8 Å². The van der Waals surface area contributed by atoms with E-state index >= 15 is 0 Å². The molecule has 1 aliphatic rings. The van der Waals surface area contributed by atoms with Gasteiger partial charge in [0.25, 0.3) is 0 Å². The summed E-state index contributed by atoms with van der Waals surface area (Å²) in [6.45, 7) is 1.01. The lowest BCUT2D eigenvalue weighted by molar-refractivity contribution is -0.380. The van der Waals surface area contributed by atoms with Crippen LogP contribution in [-0.4, -0.2) is 19.6 Å². The summed E-state index contributed by atoms with van der Waals surface area (Å²) in [5.41, 5.74) is 3.88. The molecule has 0 aromatic rings. The minimum atomic E-state index is -0.0301. The van der Waals surface area contributed by atoms with E-state index in [1.807, 2.05) is 0 Å². The van der Waals surface area contributed by atoms with Crippen LogP contribution in [0.1, 0.15) is 25.7 Å². The van der Waals surface area contributed by atoms with Gasteiger partial charge < -0.3 is 10.5 Å². The lowest BCUT2D eigenvalue weighted by atomic mass is 9.82. The zero-order chi connectivity index (χ0) is 8.97. The van der Waals surface area contributed by atoms with Crippen molar-refractivity contribution < 1.29 is 15.3 Å². The fourth-order valence-electron chi connectivity index (χ4n) is 1.85. The van der Waals surface area contributed by atoms with E-state index in [9.17, 15) is 4.79 Å². The quantitative estimate of drug-likeness (QED) is 0.605. The number of hydrogen-bond acceptors (Lipinski definition) is 2. The SMILES string of the molecule is COC(=O)C1CCC(C[NH3+])CC1. The maximum atomic E-state index is 11.1. The van der Waals surface area contributed by atoms with Crippen molar-refractivity contribution >= 4 is 5.97 Å². The van der Waals surface area contributed by atoms with E-state index in [4.69, 9.17) is 4.74 Å². The van der Waals surface area contributed by atoms with Crippen molar-refractivity contribution in [1.29, 1.82) is 0 Å². The number of hydrogen-bond donors (Lipinski definition) is 1. The monoisotopic (exact) mass is 172 g/mol. The summed E-state index contributed by atoms with van der Waals surface area (Å²) in [5, 5.41) is 0. The molecule has 12 heavy (non-hydrogen) atoms. The van der Waals surface area contributed by atoms with E-state index in [0.29, 0.717) is 0 Å². The summed E-state index contributed by atoms with van der Waals surface area (Å²) in [4.78, 5) is 11.1. The summed E-state index contributed by atoms with van der Waals surface area (Å²) in [5.74, 6) is 0.876. The molecule has 0 atom stereocenters. The Morgan fingerprint density at radius 2 is 2.00 bits per heavy atom. The van der Waals surface area contributed by atoms with Crippen molar-refractivity contribution in [2.75, 3.05) is 13.7 Å². The Hall–Kier alpha value is -0.570. The molecule has 70 valence electrons. The minimum absolute atomic E-state index is 0.0301. The van der Waals surface area contributed by atoms with Crippen LogP contribution in [0.15, 0.2) is 0 Å². The molecule has 1 fully saturated rings. The van der Waals surface area contributed by atoms with Gasteiger partial charge in [0.1, 0.15) is 0 Å². The van der Waals surface area contributed by atoms with Gasteiger partial charge in [0.15, 0.2) is 0 Å². The maximum absolute atomic E-state index is 11.1. The number of rotatable bonds is 2. The van der Waals surface area contributed by atoms with Crippen molar-refractivity contribution in [3.8, 4) is 0 Å². The van der Waals surface area contributed by atoms with Gasteiger partial charge in [-0.05, 0) is 25.7 Å². The van der Waals surface area contributed by atoms with Crippen LogP contribution in [0.25, 0.3) is 0 Å². The summed E-state index contributed by atoms with van der Waals surface area (Å²) in [6, 6.07) is 0. The Balaban J connectivity index is 2.30. The molecule has 0 bridgehead atoms. The highest BCUT2D eigenvalue weighted by molar-refractivity contribution is 5.72. The molecule has 3 N–H and O–H groups in total. The second-order valence-electron chi connectivity index (χ2n) is 3.53. The Morgan fingerprint density at radius 1 is 1.42 bits per heavy atom. The Labute approximate surface area is 73.3 Å². The van der Waals surface area contributed by atoms with Gasteiger partial charge in [-0.3, -0.25) is 4.79 Å². The van der Waals surface area contributed by atoms with Crippen molar-refractivity contribution in [2.24, 2.45) is 11.8 Å². The standard InChI is InChI=1S/C9H17NO2/c1-12-9(11)8-4-2-7(6-10)3-5-8/h7-8H,2-6,10H2,1H3/p+1. The predicted molar refractivity (Wildman–Crippen MR) is 45.2 cm³/mol. The number of ether oxygens (including phenoxy) is 1. The highest BCUT2D eigenvalue weighted by Gasteiger charge is 2.26. The molecule has 1 rings (SSSR count). The average Bonchev–Trinajstić information content (AvgIpc) is 2.17. The fourth-order valence-corrected chi connectivity index (χ4v) is 1.85. The van der Waals surface area contributed by atoms with Gasteiger partial charge in [-0.15, -0.1) is 0 Å². The summed E-state index contributed by atoms with van der Waals surface area (Å²) in [6.07, 6.45) is 4.27. The number of esters is 1. The van der Waals surface area contributed by atoms with E-state index in [-0.39, 0.29) is 11.9 Å². The highest BCUT2D eigenvalue weighted by Crippen LogP contribution is 2.28. The number of methoxy groups -OCH3 is 1. The van der Waals surface area contributed by atoms with Crippen LogP contribution in [0.5, 0.6) is 0 Å². The van der Waals surface area contributed by atoms with Crippen LogP contribution >= 0.6 is 0 Å². The van der Waals surface area contributed by atoms with E-state index in [2.05, 4.69) is 5.73 Å². The van der Waals surface area contributed by atoms with Gasteiger partial charge in [-0.1, -0.05) is 0 Å². The van der Waals surface area contributed by atoms with Crippen molar-refractivity contribution in [3.63, 3.8) is 0 Å². The van der Waals surface area contributed by atoms with Crippen LogP contribution < -0.4 is 5.73 Å². The van der Waals surface area contributed by atoms with E-state index in [0.717, 1.165) is 38.1 Å². The van der Waals surface area contributed by atoms with Crippen molar-refractivity contribution in [3.05, 3.63) is 0 Å². The first-order valence-electron chi connectivity index (χ1n) is 4.65. The van der Waals surface area contributed by atoms with Crippen LogP contribution in [-0.2, 0) is 9.53 Å². The normalized spacial score (nSPS) is 29.8. The largest absolute Gasteiger partial charge is 0.469 e. The number of quaternary nitrogens is 1. The summed E-state index contributed by atoms with van der Waals surface area (Å²) in [7, 11) is 1.47. The van der Waals surface area contributed by atoms with E-state index < -0.39 is 0 Å². The Kier molecular flexibility index (Phi) is 3.53. The molecular weight excluding hydrogens is 154 g/mol. The highest BCUT2D eigenvalue weighted by atomic mass is 16.5. The second kappa shape index (κ2) is 4.45. The average molecular weight is 172 g/mol. The van der Waals surface area contributed by atoms with Crippen LogP contribution in [0.4, 0.5) is 0 Å². The van der Waals surface area contributed by atoms with Gasteiger partial charge >= 0.3 is 5.97 Å². The van der Waals surface area contributed by atoms with Crippen LogP contribution in [0.3, 0.4) is 0 Å².